The molecular weight excluding hydrogens is 130 g/mol. The van der Waals surface area contributed by atoms with E-state index >= 15 is 0 Å². The van der Waals surface area contributed by atoms with E-state index in [1.807, 2.05) is 6.92 Å². The van der Waals surface area contributed by atoms with E-state index in [0.29, 0.717) is 0 Å². The van der Waals surface area contributed by atoms with Gasteiger partial charge in [-0.15, -0.1) is 0 Å². The molecule has 0 fully saturated rings. The second-order valence-electron chi connectivity index (χ2n) is 1.50. The molecule has 0 aliphatic carbocycles. The molecule has 1 amide bonds. The Bertz CT molecular complexity index is 93.0. The fraction of sp³-hybridized carbons (Fsp3) is 0.500. The van der Waals surface area contributed by atoms with Gasteiger partial charge in [0, 0.05) is 6.54 Å². The molecule has 0 spiro atoms. The first-order valence-corrected chi connectivity index (χ1v) is 3.05. The minimum Gasteiger partial charge on any atom is -0.353 e. The van der Waals surface area contributed by atoms with Gasteiger partial charge < -0.3 is 5.32 Å². The van der Waals surface area contributed by atoms with Gasteiger partial charge >= 0.3 is 0 Å². The number of carbonyl (C=O) groups is 1. The molecule has 0 aromatic heterocycles. The summed E-state index contributed by atoms with van der Waals surface area (Å²) >= 11 is 0. The van der Waals surface area contributed by atoms with Crippen molar-refractivity contribution in [2.75, 3.05) is 6.54 Å². The Balaban J connectivity index is 0. The molecule has 10 heavy (non-hydrogen) atoms. The molecule has 0 saturated heterocycles. The molecule has 5 N–H and O–H groups in total. The zero-order valence-electron chi connectivity index (χ0n) is 6.26. The first kappa shape index (κ1) is 11.9. The highest BCUT2D eigenvalue weighted by Crippen LogP contribution is 1.70. The number of amides is 1. The van der Waals surface area contributed by atoms with E-state index in [2.05, 4.69) is 23.6 Å². The van der Waals surface area contributed by atoms with Gasteiger partial charge in [-0.2, -0.15) is 0 Å². The minimum absolute atomic E-state index is 0.0909. The summed E-state index contributed by atoms with van der Waals surface area (Å²) in [7, 11) is 0. The monoisotopic (exact) mass is 145 g/mol. The van der Waals surface area contributed by atoms with Crippen LogP contribution in [0, 0.1) is 0 Å². The van der Waals surface area contributed by atoms with Gasteiger partial charge in [0.1, 0.15) is 0 Å². The summed E-state index contributed by atoms with van der Waals surface area (Å²) in [6.45, 7) is 6.05. The van der Waals surface area contributed by atoms with Gasteiger partial charge in [0.15, 0.2) is 0 Å². The fourth-order valence-electron chi connectivity index (χ4n) is 0.320. The van der Waals surface area contributed by atoms with E-state index in [-0.39, 0.29) is 5.91 Å². The molecule has 0 unspecified atom stereocenters. The van der Waals surface area contributed by atoms with Crippen LogP contribution in [0.25, 0.3) is 0 Å². The maximum atomic E-state index is 10.3. The summed E-state index contributed by atoms with van der Waals surface area (Å²) in [5, 5.41) is 2.62. The van der Waals surface area contributed by atoms with E-state index in [9.17, 15) is 4.79 Å². The largest absolute Gasteiger partial charge is 0.353 e. The molecule has 0 aliphatic rings. The smallest absolute Gasteiger partial charge is 0.243 e. The SMILES string of the molecule is C=CC(=O)NCCC.NN. The molecule has 4 heteroatoms. The van der Waals surface area contributed by atoms with Gasteiger partial charge in [0.05, 0.1) is 0 Å². The lowest BCUT2D eigenvalue weighted by Crippen LogP contribution is -2.20. The summed E-state index contributed by atoms with van der Waals surface area (Å²) in [6.07, 6.45) is 2.25. The third-order valence-corrected chi connectivity index (χ3v) is 0.735. The first-order valence-electron chi connectivity index (χ1n) is 3.05. The summed E-state index contributed by atoms with van der Waals surface area (Å²) < 4.78 is 0. The molecule has 0 heterocycles. The Morgan fingerprint density at radius 1 is 1.70 bits per heavy atom. The number of hydrogen-bond donors (Lipinski definition) is 3. The quantitative estimate of drug-likeness (QED) is 0.285. The molecule has 60 valence electrons. The van der Waals surface area contributed by atoms with Crippen molar-refractivity contribution in [2.24, 2.45) is 11.7 Å². The van der Waals surface area contributed by atoms with Crippen LogP contribution in [0.15, 0.2) is 12.7 Å². The molecule has 0 bridgehead atoms. The van der Waals surface area contributed by atoms with Gasteiger partial charge in [-0.3, -0.25) is 16.5 Å². The van der Waals surface area contributed by atoms with Crippen molar-refractivity contribution in [3.8, 4) is 0 Å². The predicted octanol–water partition coefficient (Wildman–Crippen LogP) is -0.483. The summed E-state index contributed by atoms with van der Waals surface area (Å²) in [5.74, 6) is 7.91. The fourth-order valence-corrected chi connectivity index (χ4v) is 0.320. The van der Waals surface area contributed by atoms with Crippen molar-refractivity contribution in [3.63, 3.8) is 0 Å². The van der Waals surface area contributed by atoms with E-state index in [0.717, 1.165) is 13.0 Å². The van der Waals surface area contributed by atoms with Gasteiger partial charge in [-0.25, -0.2) is 0 Å². The van der Waals surface area contributed by atoms with Crippen molar-refractivity contribution < 1.29 is 4.79 Å². The molecule has 0 atom stereocenters. The molecule has 4 nitrogen and oxygen atoms in total. The highest BCUT2D eigenvalue weighted by molar-refractivity contribution is 5.86. The maximum Gasteiger partial charge on any atom is 0.243 e. The number of nitrogens with two attached hydrogens (primary N) is 2. The normalized spacial score (nSPS) is 7.10. The second-order valence-corrected chi connectivity index (χ2v) is 1.50. The van der Waals surface area contributed by atoms with Gasteiger partial charge in [-0.05, 0) is 12.5 Å². The first-order chi connectivity index (χ1) is 4.81. The van der Waals surface area contributed by atoms with Crippen LogP contribution in [-0.2, 0) is 4.79 Å². The number of rotatable bonds is 3. The lowest BCUT2D eigenvalue weighted by Gasteiger charge is -1.94. The summed E-state index contributed by atoms with van der Waals surface area (Å²) in [4.78, 5) is 10.3. The zero-order chi connectivity index (χ0) is 8.41. The van der Waals surface area contributed by atoms with Crippen LogP contribution in [0.5, 0.6) is 0 Å². The third kappa shape index (κ3) is 10.2. The molecule has 0 aromatic carbocycles. The summed E-state index contributed by atoms with van der Waals surface area (Å²) in [6, 6.07) is 0. The van der Waals surface area contributed by atoms with Crippen LogP contribution >= 0.6 is 0 Å². The summed E-state index contributed by atoms with van der Waals surface area (Å²) in [5.41, 5.74) is 0. The number of carbonyl (C=O) groups excluding carboxylic acids is 1. The van der Waals surface area contributed by atoms with Crippen LogP contribution in [0.4, 0.5) is 0 Å². The maximum absolute atomic E-state index is 10.3. The average molecular weight is 145 g/mol. The number of nitrogens with one attached hydrogen (secondary N) is 1. The van der Waals surface area contributed by atoms with Crippen LogP contribution in [-0.4, -0.2) is 12.5 Å². The molecular formula is C6H15N3O. The molecule has 0 saturated carbocycles. The molecule has 0 rings (SSSR count). The predicted molar refractivity (Wildman–Crippen MR) is 41.9 cm³/mol. The van der Waals surface area contributed by atoms with Crippen molar-refractivity contribution in [2.45, 2.75) is 13.3 Å². The Morgan fingerprint density at radius 2 is 2.20 bits per heavy atom. The molecule has 0 aliphatic heterocycles. The topological polar surface area (TPSA) is 81.1 Å². The lowest BCUT2D eigenvalue weighted by molar-refractivity contribution is -0.116. The van der Waals surface area contributed by atoms with Gasteiger partial charge in [0.2, 0.25) is 5.91 Å². The second kappa shape index (κ2) is 11.0. The standard InChI is InChI=1S/C6H11NO.H4N2/c1-3-5-7-6(8)4-2;1-2/h4H,2-3,5H2,1H3,(H,7,8);1-2H2. The highest BCUT2D eigenvalue weighted by Gasteiger charge is 1.86. The molecule has 0 radical (unpaired) electrons. The van der Waals surface area contributed by atoms with Gasteiger partial charge in [-0.1, -0.05) is 13.5 Å². The Labute approximate surface area is 61.2 Å². The average Bonchev–Trinajstić information content (AvgIpc) is 2.04. The van der Waals surface area contributed by atoms with Crippen LogP contribution < -0.4 is 17.0 Å². The zero-order valence-corrected chi connectivity index (χ0v) is 6.26. The van der Waals surface area contributed by atoms with Crippen LogP contribution in [0.1, 0.15) is 13.3 Å². The van der Waals surface area contributed by atoms with E-state index in [1.165, 1.54) is 6.08 Å². The third-order valence-electron chi connectivity index (χ3n) is 0.735. The van der Waals surface area contributed by atoms with E-state index in [1.54, 1.807) is 0 Å². The van der Waals surface area contributed by atoms with Crippen LogP contribution in [0.2, 0.25) is 0 Å². The van der Waals surface area contributed by atoms with Crippen LogP contribution in [0.3, 0.4) is 0 Å². The minimum atomic E-state index is -0.0909. The van der Waals surface area contributed by atoms with Crippen molar-refractivity contribution >= 4 is 5.91 Å². The van der Waals surface area contributed by atoms with Crippen molar-refractivity contribution in [1.82, 2.24) is 5.32 Å². The Kier molecular flexibility index (Phi) is 13.1. The number of hydrazine groups is 1. The van der Waals surface area contributed by atoms with Crippen molar-refractivity contribution in [3.05, 3.63) is 12.7 Å². The number of hydrogen-bond acceptors (Lipinski definition) is 3. The Hall–Kier alpha value is -0.870. The highest BCUT2D eigenvalue weighted by atomic mass is 16.1. The lowest BCUT2D eigenvalue weighted by atomic mass is 10.4. The van der Waals surface area contributed by atoms with E-state index in [4.69, 9.17) is 0 Å². The van der Waals surface area contributed by atoms with E-state index < -0.39 is 0 Å². The van der Waals surface area contributed by atoms with Gasteiger partial charge in [0.25, 0.3) is 0 Å². The van der Waals surface area contributed by atoms with Crippen molar-refractivity contribution in [1.29, 1.82) is 0 Å². The molecule has 0 aromatic rings. The Morgan fingerprint density at radius 3 is 2.50 bits per heavy atom.